The smallest absolute Gasteiger partial charge is 0.229 e. The third kappa shape index (κ3) is 3.31. The second-order valence-electron chi connectivity index (χ2n) is 5.33. The van der Waals surface area contributed by atoms with Crippen molar-refractivity contribution in [2.75, 3.05) is 23.9 Å². The maximum absolute atomic E-state index is 12.3. The van der Waals surface area contributed by atoms with Crippen molar-refractivity contribution in [3.05, 3.63) is 48.8 Å². The molecule has 1 saturated heterocycles. The molecule has 1 unspecified atom stereocenters. The van der Waals surface area contributed by atoms with Gasteiger partial charge in [0.2, 0.25) is 11.8 Å². The van der Waals surface area contributed by atoms with E-state index in [0.29, 0.717) is 18.0 Å². The molecule has 1 N–H and O–H groups in total. The number of methoxy groups -OCH3 is 1. The summed E-state index contributed by atoms with van der Waals surface area (Å²) in [7, 11) is 1.58. The second kappa shape index (κ2) is 6.48. The van der Waals surface area contributed by atoms with Crippen molar-refractivity contribution >= 4 is 23.2 Å². The van der Waals surface area contributed by atoms with Crippen molar-refractivity contribution in [1.82, 2.24) is 4.98 Å². The molecule has 3 rings (SSSR count). The number of nitrogens with one attached hydrogen (secondary N) is 1. The van der Waals surface area contributed by atoms with E-state index in [1.54, 1.807) is 42.6 Å². The number of nitrogens with zero attached hydrogens (tertiary/aromatic N) is 2. The van der Waals surface area contributed by atoms with E-state index < -0.39 is 0 Å². The van der Waals surface area contributed by atoms with Gasteiger partial charge in [-0.25, -0.2) is 0 Å². The molecule has 0 spiro atoms. The summed E-state index contributed by atoms with van der Waals surface area (Å²) in [5.74, 6) is 0.0879. The molecule has 118 valence electrons. The molecule has 0 bridgehead atoms. The average molecular weight is 311 g/mol. The number of rotatable bonds is 4. The van der Waals surface area contributed by atoms with E-state index in [9.17, 15) is 9.59 Å². The van der Waals surface area contributed by atoms with Crippen molar-refractivity contribution in [2.24, 2.45) is 5.92 Å². The van der Waals surface area contributed by atoms with E-state index in [4.69, 9.17) is 4.74 Å². The quantitative estimate of drug-likeness (QED) is 0.938. The lowest BCUT2D eigenvalue weighted by atomic mass is 10.1. The van der Waals surface area contributed by atoms with Gasteiger partial charge in [0.15, 0.2) is 0 Å². The fraction of sp³-hybridized carbons (Fsp3) is 0.235. The maximum atomic E-state index is 12.3. The van der Waals surface area contributed by atoms with Crippen molar-refractivity contribution in [1.29, 1.82) is 0 Å². The zero-order valence-electron chi connectivity index (χ0n) is 12.7. The van der Waals surface area contributed by atoms with Crippen LogP contribution in [0.3, 0.4) is 0 Å². The number of amides is 2. The minimum atomic E-state index is -0.373. The molecule has 0 saturated carbocycles. The monoisotopic (exact) mass is 311 g/mol. The molecular weight excluding hydrogens is 294 g/mol. The first-order valence-electron chi connectivity index (χ1n) is 7.32. The van der Waals surface area contributed by atoms with Crippen LogP contribution in [0, 0.1) is 5.92 Å². The van der Waals surface area contributed by atoms with Crippen LogP contribution in [0.15, 0.2) is 48.8 Å². The third-order valence-electron chi connectivity index (χ3n) is 3.81. The summed E-state index contributed by atoms with van der Waals surface area (Å²) in [5.41, 5.74) is 1.42. The molecule has 1 aliphatic heterocycles. The minimum Gasteiger partial charge on any atom is -0.497 e. The number of benzene rings is 1. The van der Waals surface area contributed by atoms with Crippen LogP contribution in [0.4, 0.5) is 11.4 Å². The Morgan fingerprint density at radius 2 is 2.09 bits per heavy atom. The third-order valence-corrected chi connectivity index (χ3v) is 3.81. The molecule has 1 aromatic carbocycles. The molecule has 1 fully saturated rings. The van der Waals surface area contributed by atoms with Crippen LogP contribution < -0.4 is 15.0 Å². The van der Waals surface area contributed by atoms with Gasteiger partial charge in [0, 0.05) is 42.8 Å². The fourth-order valence-corrected chi connectivity index (χ4v) is 2.59. The number of hydrogen-bond acceptors (Lipinski definition) is 4. The highest BCUT2D eigenvalue weighted by atomic mass is 16.5. The van der Waals surface area contributed by atoms with Crippen molar-refractivity contribution in [2.45, 2.75) is 6.42 Å². The average Bonchev–Trinajstić information content (AvgIpc) is 2.98. The first-order chi connectivity index (χ1) is 11.2. The first kappa shape index (κ1) is 15.0. The van der Waals surface area contributed by atoms with Gasteiger partial charge in [-0.2, -0.15) is 0 Å². The van der Waals surface area contributed by atoms with Crippen LogP contribution in [-0.2, 0) is 9.59 Å². The van der Waals surface area contributed by atoms with E-state index in [1.165, 1.54) is 0 Å². The molecule has 6 heteroatoms. The van der Waals surface area contributed by atoms with E-state index >= 15 is 0 Å². The zero-order valence-corrected chi connectivity index (χ0v) is 12.7. The van der Waals surface area contributed by atoms with Crippen molar-refractivity contribution < 1.29 is 14.3 Å². The molecule has 1 atom stereocenters. The highest BCUT2D eigenvalue weighted by Crippen LogP contribution is 2.28. The van der Waals surface area contributed by atoms with E-state index in [1.807, 2.05) is 18.2 Å². The normalized spacial score (nSPS) is 17.2. The van der Waals surface area contributed by atoms with Gasteiger partial charge in [0.25, 0.3) is 0 Å². The summed E-state index contributed by atoms with van der Waals surface area (Å²) in [6, 6.07) is 10.7. The van der Waals surface area contributed by atoms with Crippen LogP contribution in [0.2, 0.25) is 0 Å². The van der Waals surface area contributed by atoms with Gasteiger partial charge in [-0.3, -0.25) is 14.6 Å². The van der Waals surface area contributed by atoms with Gasteiger partial charge < -0.3 is 15.0 Å². The molecule has 2 aromatic rings. The summed E-state index contributed by atoms with van der Waals surface area (Å²) in [6.45, 7) is 0.364. The SMILES string of the molecule is COc1cccc(N2CC(C(=O)Nc3ccncc3)CC2=O)c1. The predicted molar refractivity (Wildman–Crippen MR) is 86.3 cm³/mol. The Labute approximate surface area is 134 Å². The second-order valence-corrected chi connectivity index (χ2v) is 5.33. The number of aromatic nitrogens is 1. The number of carbonyl (C=O) groups excluding carboxylic acids is 2. The van der Waals surface area contributed by atoms with Gasteiger partial charge >= 0.3 is 0 Å². The number of anilines is 2. The van der Waals surface area contributed by atoms with Crippen molar-refractivity contribution in [3.63, 3.8) is 0 Å². The summed E-state index contributed by atoms with van der Waals surface area (Å²) >= 11 is 0. The van der Waals surface area contributed by atoms with E-state index in [0.717, 1.165) is 5.69 Å². The van der Waals surface area contributed by atoms with Crippen LogP contribution in [-0.4, -0.2) is 30.5 Å². The first-order valence-corrected chi connectivity index (χ1v) is 7.32. The highest BCUT2D eigenvalue weighted by molar-refractivity contribution is 6.03. The molecule has 2 amide bonds. The molecule has 1 aliphatic rings. The summed E-state index contributed by atoms with van der Waals surface area (Å²) in [6.07, 6.45) is 3.42. The van der Waals surface area contributed by atoms with E-state index in [2.05, 4.69) is 10.3 Å². The number of ether oxygens (including phenoxy) is 1. The maximum Gasteiger partial charge on any atom is 0.229 e. The number of hydrogen-bond donors (Lipinski definition) is 1. The Bertz CT molecular complexity index is 718. The Balaban J connectivity index is 1.70. The standard InChI is InChI=1S/C17H17N3O3/c1-23-15-4-2-3-14(10-15)20-11-12(9-16(20)21)17(22)19-13-5-7-18-8-6-13/h2-8,10,12H,9,11H2,1H3,(H,18,19,22). The topological polar surface area (TPSA) is 71.5 Å². The number of carbonyl (C=O) groups is 2. The van der Waals surface area contributed by atoms with Crippen LogP contribution in [0.1, 0.15) is 6.42 Å². The predicted octanol–water partition coefficient (Wildman–Crippen LogP) is 2.08. The van der Waals surface area contributed by atoms with Gasteiger partial charge in [0.05, 0.1) is 13.0 Å². The zero-order chi connectivity index (χ0) is 16.2. The molecule has 23 heavy (non-hydrogen) atoms. The lowest BCUT2D eigenvalue weighted by Crippen LogP contribution is -2.28. The lowest BCUT2D eigenvalue weighted by Gasteiger charge is -2.17. The fourth-order valence-electron chi connectivity index (χ4n) is 2.59. The Morgan fingerprint density at radius 1 is 1.30 bits per heavy atom. The summed E-state index contributed by atoms with van der Waals surface area (Å²) < 4.78 is 5.18. The molecule has 6 nitrogen and oxygen atoms in total. The van der Waals surface area contributed by atoms with E-state index in [-0.39, 0.29) is 24.2 Å². The van der Waals surface area contributed by atoms with Gasteiger partial charge in [-0.15, -0.1) is 0 Å². The molecule has 1 aromatic heterocycles. The molecule has 0 aliphatic carbocycles. The lowest BCUT2D eigenvalue weighted by molar-refractivity contribution is -0.122. The minimum absolute atomic E-state index is 0.0619. The summed E-state index contributed by atoms with van der Waals surface area (Å²) in [5, 5.41) is 2.82. The van der Waals surface area contributed by atoms with Gasteiger partial charge in [-0.05, 0) is 24.3 Å². The van der Waals surface area contributed by atoms with Gasteiger partial charge in [0.1, 0.15) is 5.75 Å². The molecule has 0 radical (unpaired) electrons. The highest BCUT2D eigenvalue weighted by Gasteiger charge is 2.35. The Morgan fingerprint density at radius 3 is 2.83 bits per heavy atom. The number of pyridine rings is 1. The van der Waals surface area contributed by atoms with Crippen molar-refractivity contribution in [3.8, 4) is 5.75 Å². The van der Waals surface area contributed by atoms with Gasteiger partial charge in [-0.1, -0.05) is 6.07 Å². The van der Waals surface area contributed by atoms with Crippen LogP contribution in [0.5, 0.6) is 5.75 Å². The molecule has 2 heterocycles. The largest absolute Gasteiger partial charge is 0.497 e. The summed E-state index contributed by atoms with van der Waals surface area (Å²) in [4.78, 5) is 30.1. The molecular formula is C17H17N3O3. The van der Waals surface area contributed by atoms with Crippen LogP contribution in [0.25, 0.3) is 0 Å². The van der Waals surface area contributed by atoms with Crippen LogP contribution >= 0.6 is 0 Å². The Hall–Kier alpha value is -2.89. The Kier molecular flexibility index (Phi) is 4.23.